The predicted octanol–water partition coefficient (Wildman–Crippen LogP) is 2.15. The van der Waals surface area contributed by atoms with Crippen LogP contribution < -0.4 is 0 Å². The van der Waals surface area contributed by atoms with E-state index in [4.69, 9.17) is 16.0 Å². The van der Waals surface area contributed by atoms with Gasteiger partial charge in [-0.25, -0.2) is 0 Å². The molecule has 1 heterocycles. The van der Waals surface area contributed by atoms with Crippen LogP contribution in [0.4, 0.5) is 0 Å². The molecule has 0 radical (unpaired) electrons. The second kappa shape index (κ2) is 3.04. The Kier molecular flexibility index (Phi) is 2.56. The van der Waals surface area contributed by atoms with Crippen molar-refractivity contribution in [1.29, 1.82) is 0 Å². The summed E-state index contributed by atoms with van der Waals surface area (Å²) >= 11 is 5.76. The molecule has 9 heavy (non-hydrogen) atoms. The molecule has 0 aromatic heterocycles. The van der Waals surface area contributed by atoms with Gasteiger partial charge in [0.25, 0.3) is 0 Å². The zero-order chi connectivity index (χ0) is 6.74. The van der Waals surface area contributed by atoms with Gasteiger partial charge in [0.15, 0.2) is 0 Å². The normalized spacial score (nSPS) is 36.7. The van der Waals surface area contributed by atoms with Gasteiger partial charge < -0.3 is 4.43 Å². The fourth-order valence-electron chi connectivity index (χ4n) is 1.10. The van der Waals surface area contributed by atoms with E-state index in [2.05, 4.69) is 6.55 Å². The minimum Gasteiger partial charge on any atom is -0.416 e. The van der Waals surface area contributed by atoms with E-state index >= 15 is 0 Å². The van der Waals surface area contributed by atoms with Crippen molar-refractivity contribution in [3.8, 4) is 0 Å². The fraction of sp³-hybridized carbons (Fsp3) is 1.00. The predicted molar refractivity (Wildman–Crippen MR) is 42.3 cm³/mol. The van der Waals surface area contributed by atoms with Gasteiger partial charge in [0.1, 0.15) is 0 Å². The van der Waals surface area contributed by atoms with Crippen LogP contribution in [0.15, 0.2) is 0 Å². The van der Waals surface area contributed by atoms with Gasteiger partial charge >= 0.3 is 0 Å². The van der Waals surface area contributed by atoms with Crippen LogP contribution in [0.3, 0.4) is 0 Å². The molecule has 1 unspecified atom stereocenters. The van der Waals surface area contributed by atoms with Crippen LogP contribution in [0, 0.1) is 0 Å². The smallest absolute Gasteiger partial charge is 0.204 e. The molecule has 1 rings (SSSR count). The molecule has 1 fully saturated rings. The van der Waals surface area contributed by atoms with Crippen molar-refractivity contribution in [1.82, 2.24) is 0 Å². The molecule has 0 aromatic rings. The van der Waals surface area contributed by atoms with E-state index in [1.54, 1.807) is 0 Å². The first-order valence-corrected chi connectivity index (χ1v) is 6.82. The van der Waals surface area contributed by atoms with E-state index in [1.807, 2.05) is 0 Å². The Morgan fingerprint density at radius 1 is 1.56 bits per heavy atom. The van der Waals surface area contributed by atoms with Gasteiger partial charge in [-0.15, -0.1) is 11.6 Å². The Morgan fingerprint density at radius 3 is 2.67 bits per heavy atom. The van der Waals surface area contributed by atoms with Gasteiger partial charge in [0.2, 0.25) is 8.32 Å². The van der Waals surface area contributed by atoms with Gasteiger partial charge in [0.05, 0.1) is 0 Å². The Bertz CT molecular complexity index is 91.1. The topological polar surface area (TPSA) is 9.23 Å². The van der Waals surface area contributed by atoms with Crippen LogP contribution in [0.1, 0.15) is 12.8 Å². The summed E-state index contributed by atoms with van der Waals surface area (Å²) in [4.78, 5) is 0. The zero-order valence-electron chi connectivity index (χ0n) is 5.82. The summed E-state index contributed by atoms with van der Waals surface area (Å²) in [7, 11) is -1.35. The summed E-state index contributed by atoms with van der Waals surface area (Å²) in [5, 5.41) is 0. The molecule has 1 nitrogen and oxygen atoms in total. The molecule has 1 atom stereocenters. The Hall–Kier alpha value is 0.467. The first kappa shape index (κ1) is 7.57. The van der Waals surface area contributed by atoms with Crippen LogP contribution in [0.25, 0.3) is 0 Å². The molecule has 0 aliphatic carbocycles. The Morgan fingerprint density at radius 2 is 2.33 bits per heavy atom. The molecule has 3 heteroatoms. The lowest BCUT2D eigenvalue weighted by molar-refractivity contribution is 0.274. The van der Waals surface area contributed by atoms with Gasteiger partial charge in [-0.05, 0) is 19.0 Å². The van der Waals surface area contributed by atoms with E-state index < -0.39 is 8.32 Å². The average Bonchev–Trinajstić information content (AvgIpc) is 1.90. The molecule has 0 bridgehead atoms. The highest BCUT2D eigenvalue weighted by Gasteiger charge is 2.29. The van der Waals surface area contributed by atoms with Crippen molar-refractivity contribution in [2.75, 3.05) is 12.1 Å². The standard InChI is InChI=1S/C6H13ClOSi/c1-9(6-7)5-3-2-4-8-9/h2-6H2,1H3. The molecule has 1 aliphatic heterocycles. The Balaban J connectivity index is 2.37. The van der Waals surface area contributed by atoms with Crippen molar-refractivity contribution in [2.24, 2.45) is 0 Å². The van der Waals surface area contributed by atoms with Crippen molar-refractivity contribution < 1.29 is 4.43 Å². The van der Waals surface area contributed by atoms with Gasteiger partial charge in [-0.1, -0.05) is 6.42 Å². The van der Waals surface area contributed by atoms with Crippen LogP contribution in [0.2, 0.25) is 12.6 Å². The van der Waals surface area contributed by atoms with E-state index in [-0.39, 0.29) is 0 Å². The SMILES string of the molecule is C[Si]1(CCl)CCCCO1. The third kappa shape index (κ3) is 1.95. The lowest BCUT2D eigenvalue weighted by Gasteiger charge is -2.29. The summed E-state index contributed by atoms with van der Waals surface area (Å²) in [6.45, 7) is 3.18. The second-order valence-corrected chi connectivity index (χ2v) is 7.65. The minimum absolute atomic E-state index is 0.771. The number of alkyl halides is 1. The monoisotopic (exact) mass is 164 g/mol. The molecule has 1 aliphatic rings. The summed E-state index contributed by atoms with van der Waals surface area (Å²) in [6.07, 6.45) is 2.56. The van der Waals surface area contributed by atoms with Crippen molar-refractivity contribution >= 4 is 19.9 Å². The molecule has 0 saturated carbocycles. The molecule has 0 spiro atoms. The van der Waals surface area contributed by atoms with Gasteiger partial charge in [-0.2, -0.15) is 0 Å². The Labute approximate surface area is 62.5 Å². The van der Waals surface area contributed by atoms with Crippen LogP contribution in [-0.2, 0) is 4.43 Å². The highest BCUT2D eigenvalue weighted by molar-refractivity contribution is 6.78. The number of hydrogen-bond acceptors (Lipinski definition) is 1. The molecule has 54 valence electrons. The maximum absolute atomic E-state index is 5.76. The van der Waals surface area contributed by atoms with E-state index in [9.17, 15) is 0 Å². The molecular weight excluding hydrogens is 152 g/mol. The van der Waals surface area contributed by atoms with Crippen LogP contribution >= 0.6 is 11.6 Å². The fourth-order valence-corrected chi connectivity index (χ4v) is 3.72. The maximum Gasteiger partial charge on any atom is 0.204 e. The number of halogens is 1. The van der Waals surface area contributed by atoms with Crippen LogP contribution in [0.5, 0.6) is 0 Å². The first-order chi connectivity index (χ1) is 4.27. The van der Waals surface area contributed by atoms with E-state index in [0.29, 0.717) is 0 Å². The zero-order valence-corrected chi connectivity index (χ0v) is 7.58. The summed E-state index contributed by atoms with van der Waals surface area (Å²) < 4.78 is 5.62. The first-order valence-electron chi connectivity index (χ1n) is 3.47. The molecule has 0 aromatic carbocycles. The quantitative estimate of drug-likeness (QED) is 0.427. The summed E-state index contributed by atoms with van der Waals surface area (Å²) in [5.41, 5.74) is 0.771. The third-order valence-electron chi connectivity index (χ3n) is 1.83. The lowest BCUT2D eigenvalue weighted by Crippen LogP contribution is -2.40. The van der Waals surface area contributed by atoms with Crippen molar-refractivity contribution in [3.05, 3.63) is 0 Å². The number of rotatable bonds is 1. The average molecular weight is 165 g/mol. The minimum atomic E-state index is -1.35. The number of hydrogen-bond donors (Lipinski definition) is 0. The van der Waals surface area contributed by atoms with Gasteiger partial charge in [0, 0.05) is 12.1 Å². The highest BCUT2D eigenvalue weighted by atomic mass is 35.5. The molecule has 0 amide bonds. The van der Waals surface area contributed by atoms with Gasteiger partial charge in [-0.3, -0.25) is 0 Å². The maximum atomic E-state index is 5.76. The molecule has 0 N–H and O–H groups in total. The summed E-state index contributed by atoms with van der Waals surface area (Å²) in [5.74, 6) is 0. The largest absolute Gasteiger partial charge is 0.416 e. The second-order valence-electron chi connectivity index (χ2n) is 2.89. The molecule has 1 saturated heterocycles. The third-order valence-corrected chi connectivity index (χ3v) is 6.41. The lowest BCUT2D eigenvalue weighted by atomic mass is 10.4. The van der Waals surface area contributed by atoms with E-state index in [1.165, 1.54) is 18.9 Å². The molecular formula is C6H13ClOSi. The van der Waals surface area contributed by atoms with Crippen molar-refractivity contribution in [2.45, 2.75) is 25.4 Å². The van der Waals surface area contributed by atoms with Crippen molar-refractivity contribution in [3.63, 3.8) is 0 Å². The van der Waals surface area contributed by atoms with Crippen LogP contribution in [-0.4, -0.2) is 20.4 Å². The summed E-state index contributed by atoms with van der Waals surface area (Å²) in [6, 6.07) is 1.26. The van der Waals surface area contributed by atoms with E-state index in [0.717, 1.165) is 12.1 Å². The highest BCUT2D eigenvalue weighted by Crippen LogP contribution is 2.21.